The zero-order valence-electron chi connectivity index (χ0n) is 24.8. The fraction of sp³-hybridized carbons (Fsp3) is 0.484. The van der Waals surface area contributed by atoms with Crippen LogP contribution in [0.5, 0.6) is 0 Å². The highest BCUT2D eigenvalue weighted by molar-refractivity contribution is 6.00. The Hall–Kier alpha value is -4.66. The second kappa shape index (κ2) is 10.3. The molecule has 1 aromatic carbocycles. The van der Waals surface area contributed by atoms with Gasteiger partial charge in [0.15, 0.2) is 0 Å². The first-order valence-corrected chi connectivity index (χ1v) is 14.5. The molecule has 5 heterocycles. The van der Waals surface area contributed by atoms with Crippen molar-refractivity contribution >= 4 is 34.9 Å². The molecule has 3 unspecified atom stereocenters. The highest BCUT2D eigenvalue weighted by atomic mass is 16.4. The van der Waals surface area contributed by atoms with Crippen LogP contribution in [0, 0.1) is 22.7 Å². The van der Waals surface area contributed by atoms with Gasteiger partial charge >= 0.3 is 11.8 Å². The van der Waals surface area contributed by atoms with Gasteiger partial charge in [-0.1, -0.05) is 32.6 Å². The van der Waals surface area contributed by atoms with Crippen molar-refractivity contribution in [2.24, 2.45) is 17.9 Å². The van der Waals surface area contributed by atoms with Gasteiger partial charge in [0.25, 0.3) is 0 Å². The monoisotopic (exact) mass is 585 g/mol. The zero-order chi connectivity index (χ0) is 30.7. The van der Waals surface area contributed by atoms with Crippen LogP contribution >= 0.6 is 0 Å². The molecule has 2 N–H and O–H groups in total. The van der Waals surface area contributed by atoms with Crippen molar-refractivity contribution in [3.8, 4) is 11.8 Å². The predicted octanol–water partition coefficient (Wildman–Crippen LogP) is 2.50. The normalized spacial score (nSPS) is 24.0. The predicted molar refractivity (Wildman–Crippen MR) is 158 cm³/mol. The summed E-state index contributed by atoms with van der Waals surface area (Å²) in [6, 6.07) is 4.73. The molecule has 0 saturated carbocycles. The molecule has 3 aromatic rings. The summed E-state index contributed by atoms with van der Waals surface area (Å²) in [7, 11) is 1.65. The number of likely N-dealkylation sites (tertiary alicyclic amines) is 1. The minimum absolute atomic E-state index is 0.0997. The minimum Gasteiger partial charge on any atom is -0.465 e. The van der Waals surface area contributed by atoms with E-state index in [0.29, 0.717) is 47.7 Å². The molecule has 0 bridgehead atoms. The molecular formula is C31H35N7O5. The van der Waals surface area contributed by atoms with Crippen LogP contribution in [0.25, 0.3) is 11.0 Å². The van der Waals surface area contributed by atoms with E-state index >= 15 is 0 Å². The van der Waals surface area contributed by atoms with Gasteiger partial charge in [-0.2, -0.15) is 0 Å². The summed E-state index contributed by atoms with van der Waals surface area (Å²) >= 11 is 0. The summed E-state index contributed by atoms with van der Waals surface area (Å²) in [4.78, 5) is 61.7. The summed E-state index contributed by atoms with van der Waals surface area (Å²) in [5.41, 5.74) is 2.01. The molecule has 3 atom stereocenters. The lowest BCUT2D eigenvalue weighted by molar-refractivity contribution is -0.135. The maximum Gasteiger partial charge on any atom is 0.407 e. The van der Waals surface area contributed by atoms with Crippen LogP contribution in [-0.2, 0) is 16.6 Å². The first kappa shape index (κ1) is 28.5. The standard InChI is InChI=1S/C31H35N7O5/c1-30(2,3)26-31(12-5-13-36(17-31)29(42)43)18-37(26)27-32-15-20(16-33-27)7-6-19-8-9-21-23(14-19)35(4)28(41)38(21)22-10-11-24(39)34-25(22)40/h8-9,14-16,22,26H,5,10-13,17-18H2,1-4H3,(H,42,43)(H,34,39,40). The number of carbonyl (C=O) groups excluding carboxylic acids is 2. The Morgan fingerprint density at radius 3 is 2.47 bits per heavy atom. The Bertz CT molecular complexity index is 1760. The number of hydrogen-bond acceptors (Lipinski definition) is 7. The van der Waals surface area contributed by atoms with E-state index in [1.54, 1.807) is 37.6 Å². The number of aryl methyl sites for hydroxylation is 1. The number of imide groups is 1. The zero-order valence-corrected chi connectivity index (χ0v) is 24.8. The third kappa shape index (κ3) is 4.92. The lowest BCUT2D eigenvalue weighted by atomic mass is 9.58. The van der Waals surface area contributed by atoms with Gasteiger partial charge in [0.05, 0.1) is 16.6 Å². The van der Waals surface area contributed by atoms with Crippen molar-refractivity contribution in [2.75, 3.05) is 24.5 Å². The minimum atomic E-state index is -0.863. The Kier molecular flexibility index (Phi) is 6.79. The highest BCUT2D eigenvalue weighted by Crippen LogP contribution is 2.52. The smallest absolute Gasteiger partial charge is 0.407 e. The Labute approximate surface area is 248 Å². The molecule has 1 spiro atoms. The molecule has 3 amide bonds. The number of carbonyl (C=O) groups is 3. The number of piperidine rings is 2. The fourth-order valence-corrected chi connectivity index (χ4v) is 7.33. The summed E-state index contributed by atoms with van der Waals surface area (Å²) in [6.45, 7) is 8.34. The van der Waals surface area contributed by atoms with Gasteiger partial charge in [0.2, 0.25) is 17.8 Å². The largest absolute Gasteiger partial charge is 0.465 e. The summed E-state index contributed by atoms with van der Waals surface area (Å²) in [5.74, 6) is 6.03. The Balaban J connectivity index is 1.22. The van der Waals surface area contributed by atoms with E-state index in [0.717, 1.165) is 12.8 Å². The summed E-state index contributed by atoms with van der Waals surface area (Å²) in [6.07, 6.45) is 4.81. The average molecular weight is 586 g/mol. The van der Waals surface area contributed by atoms with E-state index in [2.05, 4.69) is 52.8 Å². The average Bonchev–Trinajstić information content (AvgIpc) is 3.19. The summed E-state index contributed by atoms with van der Waals surface area (Å²) < 4.78 is 2.92. The van der Waals surface area contributed by atoms with E-state index in [1.165, 1.54) is 14.0 Å². The molecule has 224 valence electrons. The van der Waals surface area contributed by atoms with Crippen LogP contribution in [0.4, 0.5) is 10.7 Å². The second-order valence-electron chi connectivity index (χ2n) is 13.0. The molecule has 3 aliphatic rings. The number of rotatable bonds is 2. The van der Waals surface area contributed by atoms with Crippen LogP contribution < -0.4 is 15.9 Å². The van der Waals surface area contributed by atoms with Crippen molar-refractivity contribution in [1.82, 2.24) is 29.3 Å². The van der Waals surface area contributed by atoms with Gasteiger partial charge in [-0.05, 0) is 42.9 Å². The third-order valence-corrected chi connectivity index (χ3v) is 8.93. The number of carboxylic acid groups (broad SMARTS) is 1. The fourth-order valence-electron chi connectivity index (χ4n) is 7.33. The molecule has 6 rings (SSSR count). The van der Waals surface area contributed by atoms with Crippen molar-refractivity contribution in [1.29, 1.82) is 0 Å². The molecule has 0 aliphatic carbocycles. The Morgan fingerprint density at radius 1 is 1.07 bits per heavy atom. The molecular weight excluding hydrogens is 550 g/mol. The van der Waals surface area contributed by atoms with E-state index in [1.807, 2.05) is 0 Å². The quantitative estimate of drug-likeness (QED) is 0.345. The summed E-state index contributed by atoms with van der Waals surface area (Å²) in [5, 5.41) is 11.9. The molecule has 3 aliphatic heterocycles. The van der Waals surface area contributed by atoms with Crippen LogP contribution in [-0.4, -0.2) is 72.7 Å². The second-order valence-corrected chi connectivity index (χ2v) is 13.0. The molecule has 12 nitrogen and oxygen atoms in total. The van der Waals surface area contributed by atoms with Gasteiger partial charge in [-0.3, -0.25) is 24.0 Å². The van der Waals surface area contributed by atoms with Crippen molar-refractivity contribution in [3.63, 3.8) is 0 Å². The molecule has 43 heavy (non-hydrogen) atoms. The number of nitrogens with zero attached hydrogens (tertiary/aromatic N) is 6. The number of anilines is 1. The lowest BCUT2D eigenvalue weighted by Crippen LogP contribution is -2.74. The van der Waals surface area contributed by atoms with E-state index in [4.69, 9.17) is 0 Å². The van der Waals surface area contributed by atoms with E-state index in [-0.39, 0.29) is 41.3 Å². The molecule has 2 aromatic heterocycles. The number of benzene rings is 1. The SMILES string of the molecule is Cn1c(=O)n(C2CCC(=O)NC2=O)c2ccc(C#Cc3cnc(N4CC5(CCCN(C(=O)O)C5)C4C(C)(C)C)nc3)cc21. The first-order chi connectivity index (χ1) is 20.4. The van der Waals surface area contributed by atoms with Crippen LogP contribution in [0.3, 0.4) is 0 Å². The number of imidazole rings is 1. The Morgan fingerprint density at radius 2 is 1.79 bits per heavy atom. The van der Waals surface area contributed by atoms with E-state index < -0.39 is 18.0 Å². The maximum absolute atomic E-state index is 13.0. The van der Waals surface area contributed by atoms with Gasteiger partial charge in [0.1, 0.15) is 6.04 Å². The van der Waals surface area contributed by atoms with E-state index in [9.17, 15) is 24.3 Å². The third-order valence-electron chi connectivity index (χ3n) is 8.93. The number of amides is 3. The maximum atomic E-state index is 13.0. The van der Waals surface area contributed by atoms with Gasteiger partial charge in [-0.15, -0.1) is 0 Å². The number of hydrogen-bond donors (Lipinski definition) is 2. The number of nitrogens with one attached hydrogen (secondary N) is 1. The lowest BCUT2D eigenvalue weighted by Gasteiger charge is -2.64. The molecule has 12 heteroatoms. The van der Waals surface area contributed by atoms with Crippen LogP contribution in [0.15, 0.2) is 35.4 Å². The number of aromatic nitrogens is 4. The van der Waals surface area contributed by atoms with Crippen molar-refractivity contribution < 1.29 is 19.5 Å². The molecule has 0 radical (unpaired) electrons. The van der Waals surface area contributed by atoms with Crippen LogP contribution in [0.2, 0.25) is 0 Å². The van der Waals surface area contributed by atoms with Gasteiger partial charge in [-0.25, -0.2) is 19.6 Å². The van der Waals surface area contributed by atoms with Crippen LogP contribution in [0.1, 0.15) is 63.6 Å². The van der Waals surface area contributed by atoms with Crippen molar-refractivity contribution in [3.05, 3.63) is 52.2 Å². The topological polar surface area (TPSA) is 143 Å². The van der Waals surface area contributed by atoms with Gasteiger partial charge in [0, 0.05) is 62.5 Å². The van der Waals surface area contributed by atoms with Gasteiger partial charge < -0.3 is 14.9 Å². The number of fused-ring (bicyclic) bond motifs is 1. The molecule has 3 saturated heterocycles. The first-order valence-electron chi connectivity index (χ1n) is 14.5. The molecule has 3 fully saturated rings. The van der Waals surface area contributed by atoms with Crippen molar-refractivity contribution in [2.45, 2.75) is 58.5 Å². The highest BCUT2D eigenvalue weighted by Gasteiger charge is 2.59.